The molecule has 1 amide bonds. The topological polar surface area (TPSA) is 77.8 Å². The molecule has 0 radical (unpaired) electrons. The average molecular weight is 291 g/mol. The van der Waals surface area contributed by atoms with E-state index in [0.29, 0.717) is 25.9 Å². The minimum Gasteiger partial charge on any atom is -0.479 e. The van der Waals surface area contributed by atoms with Gasteiger partial charge in [-0.1, -0.05) is 29.8 Å². The fourth-order valence-corrected chi connectivity index (χ4v) is 2.62. The van der Waals surface area contributed by atoms with Crippen LogP contribution in [0.1, 0.15) is 30.4 Å². The zero-order chi connectivity index (χ0) is 15.5. The number of aliphatic hydroxyl groups is 1. The number of carbonyl (C=O) groups is 2. The number of piperidine rings is 1. The Morgan fingerprint density at radius 1 is 1.29 bits per heavy atom. The Morgan fingerprint density at radius 3 is 2.52 bits per heavy atom. The predicted octanol–water partition coefficient (Wildman–Crippen LogP) is 1.37. The number of carboxylic acids is 1. The average Bonchev–Trinajstić information content (AvgIpc) is 2.45. The van der Waals surface area contributed by atoms with E-state index in [1.54, 1.807) is 4.90 Å². The summed E-state index contributed by atoms with van der Waals surface area (Å²) >= 11 is 0. The van der Waals surface area contributed by atoms with E-state index in [-0.39, 0.29) is 18.7 Å². The molecule has 1 heterocycles. The van der Waals surface area contributed by atoms with E-state index in [1.165, 1.54) is 5.56 Å². The van der Waals surface area contributed by atoms with Crippen molar-refractivity contribution in [3.63, 3.8) is 0 Å². The molecule has 1 aromatic rings. The first-order chi connectivity index (χ1) is 9.90. The highest BCUT2D eigenvalue weighted by atomic mass is 16.4. The van der Waals surface area contributed by atoms with Crippen LogP contribution in [0.15, 0.2) is 24.3 Å². The maximum absolute atomic E-state index is 12.1. The molecule has 2 N–H and O–H groups in total. The number of hydrogen-bond acceptors (Lipinski definition) is 3. The highest BCUT2D eigenvalue weighted by Crippen LogP contribution is 2.23. The summed E-state index contributed by atoms with van der Waals surface area (Å²) in [6, 6.07) is 8.05. The molecule has 0 saturated carbocycles. The molecule has 0 spiro atoms. The SMILES string of the molecule is Cc1cccc(CCC(=O)N2CCC(O)(C(=O)O)CC2)c1. The van der Waals surface area contributed by atoms with Gasteiger partial charge in [-0.05, 0) is 18.9 Å². The molecule has 5 nitrogen and oxygen atoms in total. The summed E-state index contributed by atoms with van der Waals surface area (Å²) in [5, 5.41) is 18.8. The van der Waals surface area contributed by atoms with Crippen molar-refractivity contribution < 1.29 is 19.8 Å². The van der Waals surface area contributed by atoms with E-state index in [9.17, 15) is 14.7 Å². The third kappa shape index (κ3) is 3.82. The van der Waals surface area contributed by atoms with Crippen LogP contribution in [0.3, 0.4) is 0 Å². The second-order valence-corrected chi connectivity index (χ2v) is 5.71. The summed E-state index contributed by atoms with van der Waals surface area (Å²) in [5.41, 5.74) is 0.625. The van der Waals surface area contributed by atoms with E-state index in [2.05, 4.69) is 6.07 Å². The van der Waals surface area contributed by atoms with E-state index in [1.807, 2.05) is 25.1 Å². The predicted molar refractivity (Wildman–Crippen MR) is 77.9 cm³/mol. The Hall–Kier alpha value is -1.88. The zero-order valence-electron chi connectivity index (χ0n) is 12.2. The number of aliphatic carboxylic acids is 1. The van der Waals surface area contributed by atoms with Gasteiger partial charge < -0.3 is 15.1 Å². The molecule has 114 valence electrons. The maximum Gasteiger partial charge on any atom is 0.335 e. The molecular formula is C16H21NO4. The van der Waals surface area contributed by atoms with Crippen LogP contribution in [-0.2, 0) is 16.0 Å². The third-order valence-corrected chi connectivity index (χ3v) is 4.05. The first kappa shape index (κ1) is 15.5. The van der Waals surface area contributed by atoms with Crippen LogP contribution in [0.2, 0.25) is 0 Å². The number of amides is 1. The van der Waals surface area contributed by atoms with E-state index in [0.717, 1.165) is 5.56 Å². The van der Waals surface area contributed by atoms with Crippen molar-refractivity contribution in [2.75, 3.05) is 13.1 Å². The molecule has 5 heteroatoms. The van der Waals surface area contributed by atoms with Gasteiger partial charge in [0.25, 0.3) is 0 Å². The summed E-state index contributed by atoms with van der Waals surface area (Å²) in [6.45, 7) is 2.62. The van der Waals surface area contributed by atoms with Gasteiger partial charge in [0.05, 0.1) is 0 Å². The second kappa shape index (κ2) is 6.26. The minimum absolute atomic E-state index is 0.0175. The maximum atomic E-state index is 12.1. The minimum atomic E-state index is -1.67. The van der Waals surface area contributed by atoms with E-state index >= 15 is 0 Å². The van der Waals surface area contributed by atoms with Crippen molar-refractivity contribution in [2.45, 2.75) is 38.2 Å². The number of benzene rings is 1. The number of carboxylic acid groups (broad SMARTS) is 1. The Kier molecular flexibility index (Phi) is 4.63. The molecule has 2 rings (SSSR count). The molecular weight excluding hydrogens is 270 g/mol. The number of aryl methyl sites for hydroxylation is 2. The van der Waals surface area contributed by atoms with Crippen molar-refractivity contribution in [1.82, 2.24) is 4.90 Å². The number of nitrogens with zero attached hydrogens (tertiary/aromatic N) is 1. The molecule has 0 atom stereocenters. The number of rotatable bonds is 4. The largest absolute Gasteiger partial charge is 0.479 e. The van der Waals surface area contributed by atoms with Gasteiger partial charge in [-0.3, -0.25) is 4.79 Å². The number of hydrogen-bond donors (Lipinski definition) is 2. The lowest BCUT2D eigenvalue weighted by atomic mass is 9.91. The summed E-state index contributed by atoms with van der Waals surface area (Å²) in [7, 11) is 0. The summed E-state index contributed by atoms with van der Waals surface area (Å²) in [6.07, 6.45) is 1.28. The fraction of sp³-hybridized carbons (Fsp3) is 0.500. The molecule has 1 saturated heterocycles. The zero-order valence-corrected chi connectivity index (χ0v) is 12.2. The Bertz CT molecular complexity index is 533. The molecule has 1 fully saturated rings. The Morgan fingerprint density at radius 2 is 1.95 bits per heavy atom. The quantitative estimate of drug-likeness (QED) is 0.878. The first-order valence-corrected chi connectivity index (χ1v) is 7.20. The van der Waals surface area contributed by atoms with Crippen LogP contribution in [0.5, 0.6) is 0 Å². The second-order valence-electron chi connectivity index (χ2n) is 5.71. The van der Waals surface area contributed by atoms with Crippen LogP contribution in [0.4, 0.5) is 0 Å². The van der Waals surface area contributed by atoms with Crippen molar-refractivity contribution in [1.29, 1.82) is 0 Å². The van der Waals surface area contributed by atoms with Gasteiger partial charge in [-0.15, -0.1) is 0 Å². The first-order valence-electron chi connectivity index (χ1n) is 7.20. The van der Waals surface area contributed by atoms with Gasteiger partial charge in [-0.2, -0.15) is 0 Å². The standard InChI is InChI=1S/C16H21NO4/c1-12-3-2-4-13(11-12)5-6-14(18)17-9-7-16(21,8-10-17)15(19)20/h2-4,11,21H,5-10H2,1H3,(H,19,20). The summed E-state index contributed by atoms with van der Waals surface area (Å²) < 4.78 is 0. The van der Waals surface area contributed by atoms with Crippen molar-refractivity contribution in [2.24, 2.45) is 0 Å². The lowest BCUT2D eigenvalue weighted by Crippen LogP contribution is -2.50. The van der Waals surface area contributed by atoms with Crippen LogP contribution in [-0.4, -0.2) is 45.7 Å². The van der Waals surface area contributed by atoms with E-state index in [4.69, 9.17) is 5.11 Å². The highest BCUT2D eigenvalue weighted by molar-refractivity contribution is 5.79. The number of likely N-dealkylation sites (tertiary alicyclic amines) is 1. The van der Waals surface area contributed by atoms with Crippen molar-refractivity contribution >= 4 is 11.9 Å². The van der Waals surface area contributed by atoms with Gasteiger partial charge >= 0.3 is 5.97 Å². The Balaban J connectivity index is 1.84. The molecule has 0 bridgehead atoms. The van der Waals surface area contributed by atoms with Gasteiger partial charge in [-0.25, -0.2) is 4.79 Å². The normalized spacial score (nSPS) is 17.5. The molecule has 0 aliphatic carbocycles. The molecule has 1 aliphatic rings. The highest BCUT2D eigenvalue weighted by Gasteiger charge is 2.40. The van der Waals surface area contributed by atoms with Crippen LogP contribution < -0.4 is 0 Å². The summed E-state index contributed by atoms with van der Waals surface area (Å²) in [4.78, 5) is 24.7. The van der Waals surface area contributed by atoms with Crippen molar-refractivity contribution in [3.05, 3.63) is 35.4 Å². The van der Waals surface area contributed by atoms with Crippen molar-refractivity contribution in [3.8, 4) is 0 Å². The Labute approximate surface area is 124 Å². The summed E-state index contributed by atoms with van der Waals surface area (Å²) in [5.74, 6) is -1.18. The van der Waals surface area contributed by atoms with Crippen LogP contribution in [0.25, 0.3) is 0 Å². The van der Waals surface area contributed by atoms with Gasteiger partial charge in [0.2, 0.25) is 5.91 Å². The van der Waals surface area contributed by atoms with Gasteiger partial charge in [0.15, 0.2) is 5.60 Å². The molecule has 1 aliphatic heterocycles. The lowest BCUT2D eigenvalue weighted by molar-refractivity contribution is -0.165. The molecule has 1 aromatic carbocycles. The number of carbonyl (C=O) groups excluding carboxylic acids is 1. The fourth-order valence-electron chi connectivity index (χ4n) is 2.62. The lowest BCUT2D eigenvalue weighted by Gasteiger charge is -2.35. The van der Waals surface area contributed by atoms with Gasteiger partial charge in [0.1, 0.15) is 0 Å². The molecule has 21 heavy (non-hydrogen) atoms. The monoisotopic (exact) mass is 291 g/mol. The van der Waals surface area contributed by atoms with Crippen LogP contribution >= 0.6 is 0 Å². The molecule has 0 unspecified atom stereocenters. The van der Waals surface area contributed by atoms with Crippen LogP contribution in [0, 0.1) is 6.92 Å². The smallest absolute Gasteiger partial charge is 0.335 e. The van der Waals surface area contributed by atoms with Gasteiger partial charge in [0, 0.05) is 32.4 Å². The van der Waals surface area contributed by atoms with E-state index < -0.39 is 11.6 Å². The third-order valence-electron chi connectivity index (χ3n) is 4.05. The molecule has 0 aromatic heterocycles.